The molecule has 4 nitrogen and oxygen atoms in total. The molecule has 150 valence electrons. The van der Waals surface area contributed by atoms with Crippen LogP contribution in [0.25, 0.3) is 0 Å². The van der Waals surface area contributed by atoms with Gasteiger partial charge in [-0.05, 0) is 75.0 Å². The van der Waals surface area contributed by atoms with E-state index in [1.54, 1.807) is 6.92 Å². The molecule has 1 unspecified atom stereocenters. The maximum atomic E-state index is 12.4. The van der Waals surface area contributed by atoms with Gasteiger partial charge in [0.25, 0.3) is 5.91 Å². The lowest BCUT2D eigenvalue weighted by molar-refractivity contribution is -0.127. The smallest absolute Gasteiger partial charge is 0.261 e. The molecule has 1 atom stereocenters. The first-order chi connectivity index (χ1) is 13.5. The molecule has 1 amide bonds. The van der Waals surface area contributed by atoms with E-state index in [9.17, 15) is 4.79 Å². The summed E-state index contributed by atoms with van der Waals surface area (Å²) in [4.78, 5) is 14.9. The highest BCUT2D eigenvalue weighted by Gasteiger charge is 2.15. The summed E-state index contributed by atoms with van der Waals surface area (Å²) in [5, 5.41) is 2.98. The van der Waals surface area contributed by atoms with E-state index >= 15 is 0 Å². The minimum absolute atomic E-state index is 0.0988. The number of aryl methyl sites for hydroxylation is 2. The van der Waals surface area contributed by atoms with E-state index in [1.165, 1.54) is 37.9 Å². The van der Waals surface area contributed by atoms with Gasteiger partial charge in [-0.3, -0.25) is 9.69 Å². The molecule has 0 spiro atoms. The van der Waals surface area contributed by atoms with Crippen molar-refractivity contribution in [2.75, 3.05) is 13.1 Å². The van der Waals surface area contributed by atoms with Crippen LogP contribution in [-0.2, 0) is 17.9 Å². The molecular formula is C24H32N2O2. The summed E-state index contributed by atoms with van der Waals surface area (Å²) < 4.78 is 5.86. The lowest BCUT2D eigenvalue weighted by Gasteiger charge is -2.26. The van der Waals surface area contributed by atoms with E-state index in [4.69, 9.17) is 4.74 Å². The van der Waals surface area contributed by atoms with Gasteiger partial charge in [0, 0.05) is 13.1 Å². The van der Waals surface area contributed by atoms with Crippen molar-refractivity contribution >= 4 is 5.91 Å². The molecule has 1 fully saturated rings. The normalized spacial score (nSPS) is 15.8. The summed E-state index contributed by atoms with van der Waals surface area (Å²) in [7, 11) is 0. The lowest BCUT2D eigenvalue weighted by atomic mass is 10.1. The van der Waals surface area contributed by atoms with E-state index < -0.39 is 6.10 Å². The van der Waals surface area contributed by atoms with Crippen molar-refractivity contribution in [3.05, 3.63) is 64.7 Å². The number of amides is 1. The van der Waals surface area contributed by atoms with Crippen molar-refractivity contribution < 1.29 is 9.53 Å². The number of likely N-dealkylation sites (tertiary alicyclic amines) is 1. The molecule has 4 heteroatoms. The van der Waals surface area contributed by atoms with Gasteiger partial charge >= 0.3 is 0 Å². The molecule has 1 saturated heterocycles. The van der Waals surface area contributed by atoms with E-state index in [-0.39, 0.29) is 5.91 Å². The minimum atomic E-state index is -0.529. The van der Waals surface area contributed by atoms with E-state index in [0.717, 1.165) is 29.0 Å². The van der Waals surface area contributed by atoms with Crippen LogP contribution in [0.4, 0.5) is 0 Å². The third-order valence-electron chi connectivity index (χ3n) is 5.36. The fourth-order valence-corrected chi connectivity index (χ4v) is 3.55. The summed E-state index contributed by atoms with van der Waals surface area (Å²) in [5.41, 5.74) is 4.60. The number of carbonyl (C=O) groups excluding carboxylic acids is 1. The third-order valence-corrected chi connectivity index (χ3v) is 5.36. The average molecular weight is 381 g/mol. The summed E-state index contributed by atoms with van der Waals surface area (Å²) in [6.45, 7) is 9.75. The Bertz CT molecular complexity index is 780. The van der Waals surface area contributed by atoms with Crippen LogP contribution in [0.1, 0.15) is 48.4 Å². The Kier molecular flexibility index (Phi) is 7.10. The molecule has 3 rings (SSSR count). The highest BCUT2D eigenvalue weighted by atomic mass is 16.5. The number of carbonyl (C=O) groups is 1. The van der Waals surface area contributed by atoms with Gasteiger partial charge in [0.2, 0.25) is 0 Å². The zero-order valence-corrected chi connectivity index (χ0v) is 17.3. The second-order valence-electron chi connectivity index (χ2n) is 7.90. The average Bonchev–Trinajstić information content (AvgIpc) is 2.70. The van der Waals surface area contributed by atoms with Gasteiger partial charge in [0.05, 0.1) is 0 Å². The Morgan fingerprint density at radius 1 is 1.04 bits per heavy atom. The Morgan fingerprint density at radius 2 is 1.71 bits per heavy atom. The number of hydrogen-bond acceptors (Lipinski definition) is 3. The summed E-state index contributed by atoms with van der Waals surface area (Å²) in [6.07, 6.45) is 3.46. The van der Waals surface area contributed by atoms with Gasteiger partial charge in [-0.25, -0.2) is 0 Å². The van der Waals surface area contributed by atoms with E-state index in [0.29, 0.717) is 6.54 Å². The molecule has 0 aromatic heterocycles. The van der Waals surface area contributed by atoms with Gasteiger partial charge in [-0.1, -0.05) is 42.8 Å². The predicted molar refractivity (Wildman–Crippen MR) is 113 cm³/mol. The number of benzene rings is 2. The second kappa shape index (κ2) is 9.74. The molecule has 1 aliphatic heterocycles. The molecule has 0 aliphatic carbocycles. The van der Waals surface area contributed by atoms with Crippen LogP contribution in [0.15, 0.2) is 42.5 Å². The van der Waals surface area contributed by atoms with Crippen molar-refractivity contribution in [2.24, 2.45) is 0 Å². The highest BCUT2D eigenvalue weighted by Crippen LogP contribution is 2.20. The minimum Gasteiger partial charge on any atom is -0.481 e. The standard InChI is InChI=1S/C24H32N2O2/c1-18-7-8-19(2)23(15-18)28-20(3)24(27)25-16-21-9-11-22(12-10-21)17-26-13-5-4-6-14-26/h7-12,15,20H,4-6,13-14,16-17H2,1-3H3,(H,25,27). The van der Waals surface area contributed by atoms with Crippen LogP contribution < -0.4 is 10.1 Å². The van der Waals surface area contributed by atoms with Crippen molar-refractivity contribution in [1.82, 2.24) is 10.2 Å². The Hall–Kier alpha value is -2.33. The van der Waals surface area contributed by atoms with Crippen molar-refractivity contribution in [2.45, 2.75) is 59.2 Å². The third kappa shape index (κ3) is 5.83. The van der Waals surface area contributed by atoms with Crippen LogP contribution in [0.3, 0.4) is 0 Å². The molecular weight excluding hydrogens is 348 g/mol. The monoisotopic (exact) mass is 380 g/mol. The molecule has 1 aliphatic rings. The quantitative estimate of drug-likeness (QED) is 0.775. The van der Waals surface area contributed by atoms with Crippen LogP contribution in [0.2, 0.25) is 0 Å². The van der Waals surface area contributed by atoms with Crippen molar-refractivity contribution in [1.29, 1.82) is 0 Å². The lowest BCUT2D eigenvalue weighted by Crippen LogP contribution is -2.36. The number of piperidine rings is 1. The van der Waals surface area contributed by atoms with Crippen LogP contribution in [-0.4, -0.2) is 30.0 Å². The Balaban J connectivity index is 1.47. The van der Waals surface area contributed by atoms with Crippen LogP contribution in [0, 0.1) is 13.8 Å². The Labute approximate surface area is 168 Å². The number of rotatable bonds is 7. The van der Waals surface area contributed by atoms with Crippen LogP contribution >= 0.6 is 0 Å². The SMILES string of the molecule is Cc1ccc(C)c(OC(C)C(=O)NCc2ccc(CN3CCCCC3)cc2)c1. The first kappa shape index (κ1) is 20.4. The topological polar surface area (TPSA) is 41.6 Å². The molecule has 1 heterocycles. The maximum Gasteiger partial charge on any atom is 0.261 e. The fourth-order valence-electron chi connectivity index (χ4n) is 3.55. The Morgan fingerprint density at radius 3 is 2.43 bits per heavy atom. The van der Waals surface area contributed by atoms with Crippen LogP contribution in [0.5, 0.6) is 5.75 Å². The van der Waals surface area contributed by atoms with Gasteiger partial charge in [0.15, 0.2) is 6.10 Å². The second-order valence-corrected chi connectivity index (χ2v) is 7.90. The van der Waals surface area contributed by atoms with Crippen molar-refractivity contribution in [3.63, 3.8) is 0 Å². The van der Waals surface area contributed by atoms with Crippen molar-refractivity contribution in [3.8, 4) is 5.75 Å². The summed E-state index contributed by atoms with van der Waals surface area (Å²) in [6, 6.07) is 14.6. The number of hydrogen-bond donors (Lipinski definition) is 1. The maximum absolute atomic E-state index is 12.4. The zero-order valence-electron chi connectivity index (χ0n) is 17.3. The van der Waals surface area contributed by atoms with Gasteiger partial charge in [-0.2, -0.15) is 0 Å². The largest absolute Gasteiger partial charge is 0.481 e. The summed E-state index contributed by atoms with van der Waals surface area (Å²) in [5.74, 6) is 0.669. The highest BCUT2D eigenvalue weighted by molar-refractivity contribution is 5.80. The zero-order chi connectivity index (χ0) is 19.9. The molecule has 0 bridgehead atoms. The number of nitrogens with zero attached hydrogens (tertiary/aromatic N) is 1. The van der Waals surface area contributed by atoms with Gasteiger partial charge in [0.1, 0.15) is 5.75 Å². The van der Waals surface area contributed by atoms with E-state index in [2.05, 4.69) is 34.5 Å². The van der Waals surface area contributed by atoms with E-state index in [1.807, 2.05) is 32.0 Å². The van der Waals surface area contributed by atoms with Gasteiger partial charge in [-0.15, -0.1) is 0 Å². The molecule has 28 heavy (non-hydrogen) atoms. The molecule has 2 aromatic rings. The molecule has 0 radical (unpaired) electrons. The number of nitrogens with one attached hydrogen (secondary N) is 1. The van der Waals surface area contributed by atoms with Gasteiger partial charge < -0.3 is 10.1 Å². The first-order valence-corrected chi connectivity index (χ1v) is 10.3. The molecule has 1 N–H and O–H groups in total. The molecule has 2 aromatic carbocycles. The first-order valence-electron chi connectivity index (χ1n) is 10.3. The predicted octanol–water partition coefficient (Wildman–Crippen LogP) is 4.37. The summed E-state index contributed by atoms with van der Waals surface area (Å²) >= 11 is 0. The molecule has 0 saturated carbocycles. The number of ether oxygens (including phenoxy) is 1. The fraction of sp³-hybridized carbons (Fsp3) is 0.458.